The number of anilines is 2. The standard InChI is InChI=1S/C22H30N4O5/c1-5-7-12-25(18-19(23)26(11-6-2)22(30)24-20(18)28)17(27)13-31-21(29)16-10-8-9-14(3)15(16)4/h8-10H,5-7,11-13,23H2,1-4H3,(H,24,28,30). The van der Waals surface area contributed by atoms with E-state index in [2.05, 4.69) is 4.98 Å². The molecule has 0 atom stereocenters. The molecule has 31 heavy (non-hydrogen) atoms. The molecular weight excluding hydrogens is 400 g/mol. The number of carbonyl (C=O) groups is 2. The van der Waals surface area contributed by atoms with Crippen LogP contribution in [-0.4, -0.2) is 34.6 Å². The minimum atomic E-state index is -0.750. The van der Waals surface area contributed by atoms with Crippen LogP contribution in [0.4, 0.5) is 11.5 Å². The molecule has 3 N–H and O–H groups in total. The van der Waals surface area contributed by atoms with E-state index in [0.717, 1.165) is 17.5 Å². The van der Waals surface area contributed by atoms with Crippen LogP contribution in [0.15, 0.2) is 27.8 Å². The minimum Gasteiger partial charge on any atom is -0.452 e. The summed E-state index contributed by atoms with van der Waals surface area (Å²) < 4.78 is 6.46. The zero-order valence-electron chi connectivity index (χ0n) is 18.5. The van der Waals surface area contributed by atoms with Crippen molar-refractivity contribution < 1.29 is 14.3 Å². The molecule has 0 aliphatic heterocycles. The van der Waals surface area contributed by atoms with Gasteiger partial charge in [0.2, 0.25) is 0 Å². The number of H-pyrrole nitrogens is 1. The number of hydrogen-bond donors (Lipinski definition) is 2. The lowest BCUT2D eigenvalue weighted by Crippen LogP contribution is -2.43. The molecule has 2 rings (SSSR count). The number of aromatic nitrogens is 2. The highest BCUT2D eigenvalue weighted by Gasteiger charge is 2.25. The molecule has 2 aromatic rings. The van der Waals surface area contributed by atoms with Gasteiger partial charge in [0.1, 0.15) is 5.82 Å². The number of amides is 1. The Hall–Kier alpha value is -3.36. The average Bonchev–Trinajstić information content (AvgIpc) is 2.73. The van der Waals surface area contributed by atoms with E-state index in [9.17, 15) is 19.2 Å². The van der Waals surface area contributed by atoms with E-state index >= 15 is 0 Å². The number of ether oxygens (including phenoxy) is 1. The smallest absolute Gasteiger partial charge is 0.338 e. The van der Waals surface area contributed by atoms with Crippen LogP contribution < -0.4 is 21.9 Å². The maximum absolute atomic E-state index is 12.9. The van der Waals surface area contributed by atoms with Gasteiger partial charge in [0.05, 0.1) is 5.56 Å². The summed E-state index contributed by atoms with van der Waals surface area (Å²) in [4.78, 5) is 53.5. The van der Waals surface area contributed by atoms with Gasteiger partial charge in [-0.25, -0.2) is 9.59 Å². The average molecular weight is 431 g/mol. The number of rotatable bonds is 9. The van der Waals surface area contributed by atoms with Crippen LogP contribution in [0.5, 0.6) is 0 Å². The van der Waals surface area contributed by atoms with Gasteiger partial charge < -0.3 is 15.4 Å². The predicted molar refractivity (Wildman–Crippen MR) is 119 cm³/mol. The first kappa shape index (κ1) is 23.9. The third-order valence-corrected chi connectivity index (χ3v) is 5.12. The van der Waals surface area contributed by atoms with E-state index < -0.39 is 29.7 Å². The molecule has 0 aliphatic rings. The summed E-state index contributed by atoms with van der Waals surface area (Å²) in [5.74, 6) is -1.30. The fourth-order valence-electron chi connectivity index (χ4n) is 3.22. The van der Waals surface area contributed by atoms with Gasteiger partial charge in [-0.1, -0.05) is 32.4 Å². The van der Waals surface area contributed by atoms with E-state index in [1.165, 1.54) is 9.47 Å². The number of carbonyl (C=O) groups excluding carboxylic acids is 2. The number of nitrogens with zero attached hydrogens (tertiary/aromatic N) is 2. The van der Waals surface area contributed by atoms with Crippen LogP contribution in [0.25, 0.3) is 0 Å². The van der Waals surface area contributed by atoms with Crippen molar-refractivity contribution in [2.75, 3.05) is 23.8 Å². The van der Waals surface area contributed by atoms with Crippen LogP contribution in [0, 0.1) is 13.8 Å². The zero-order valence-corrected chi connectivity index (χ0v) is 18.5. The molecule has 1 amide bonds. The van der Waals surface area contributed by atoms with Gasteiger partial charge in [-0.15, -0.1) is 0 Å². The van der Waals surface area contributed by atoms with Crippen molar-refractivity contribution in [2.24, 2.45) is 0 Å². The summed E-state index contributed by atoms with van der Waals surface area (Å²) in [6.45, 7) is 7.43. The van der Waals surface area contributed by atoms with Gasteiger partial charge in [0.15, 0.2) is 12.3 Å². The Morgan fingerprint density at radius 1 is 1.16 bits per heavy atom. The monoisotopic (exact) mass is 430 g/mol. The Morgan fingerprint density at radius 2 is 1.87 bits per heavy atom. The summed E-state index contributed by atoms with van der Waals surface area (Å²) in [7, 11) is 0. The molecule has 0 saturated carbocycles. The van der Waals surface area contributed by atoms with Gasteiger partial charge in [0.25, 0.3) is 11.5 Å². The second-order valence-corrected chi connectivity index (χ2v) is 7.37. The molecule has 168 valence electrons. The molecule has 9 nitrogen and oxygen atoms in total. The second kappa shape index (κ2) is 10.6. The zero-order chi connectivity index (χ0) is 23.1. The summed E-state index contributed by atoms with van der Waals surface area (Å²) in [5, 5.41) is 0. The lowest BCUT2D eigenvalue weighted by molar-refractivity contribution is -0.121. The molecule has 0 aliphatic carbocycles. The van der Waals surface area contributed by atoms with E-state index in [0.29, 0.717) is 24.9 Å². The van der Waals surface area contributed by atoms with Crippen molar-refractivity contribution in [3.05, 3.63) is 55.7 Å². The second-order valence-electron chi connectivity index (χ2n) is 7.37. The number of benzene rings is 1. The van der Waals surface area contributed by atoms with Gasteiger partial charge >= 0.3 is 11.7 Å². The first-order chi connectivity index (χ1) is 14.7. The van der Waals surface area contributed by atoms with E-state index in [4.69, 9.17) is 10.5 Å². The Labute approximate surface area is 180 Å². The van der Waals surface area contributed by atoms with Gasteiger partial charge in [-0.3, -0.25) is 19.1 Å². The number of nitrogens with two attached hydrogens (primary N) is 1. The van der Waals surface area contributed by atoms with E-state index in [1.54, 1.807) is 19.1 Å². The molecule has 0 radical (unpaired) electrons. The molecule has 1 aromatic heterocycles. The van der Waals surface area contributed by atoms with Crippen molar-refractivity contribution in [3.63, 3.8) is 0 Å². The molecule has 1 heterocycles. The number of unbranched alkanes of at least 4 members (excludes halogenated alkanes) is 1. The van der Waals surface area contributed by atoms with Crippen molar-refractivity contribution in [1.29, 1.82) is 0 Å². The highest BCUT2D eigenvalue weighted by atomic mass is 16.5. The summed E-state index contributed by atoms with van der Waals surface area (Å²) in [6, 6.07) is 5.25. The Kier molecular flexibility index (Phi) is 8.18. The third kappa shape index (κ3) is 5.42. The number of hydrogen-bond acceptors (Lipinski definition) is 6. The molecular formula is C22H30N4O5. The number of esters is 1. The maximum atomic E-state index is 12.9. The molecule has 0 bridgehead atoms. The maximum Gasteiger partial charge on any atom is 0.338 e. The quantitative estimate of drug-likeness (QED) is 0.587. The van der Waals surface area contributed by atoms with Gasteiger partial charge in [-0.2, -0.15) is 0 Å². The predicted octanol–water partition coefficient (Wildman–Crippen LogP) is 2.14. The normalized spacial score (nSPS) is 10.7. The van der Waals surface area contributed by atoms with Crippen LogP contribution >= 0.6 is 0 Å². The fourth-order valence-corrected chi connectivity index (χ4v) is 3.22. The first-order valence-electron chi connectivity index (χ1n) is 10.4. The van der Waals surface area contributed by atoms with Crippen molar-refractivity contribution in [3.8, 4) is 0 Å². The van der Waals surface area contributed by atoms with E-state index in [-0.39, 0.29) is 18.1 Å². The third-order valence-electron chi connectivity index (χ3n) is 5.12. The Balaban J connectivity index is 2.32. The van der Waals surface area contributed by atoms with Crippen LogP contribution in [0.3, 0.4) is 0 Å². The van der Waals surface area contributed by atoms with Crippen LogP contribution in [0.1, 0.15) is 54.6 Å². The van der Waals surface area contributed by atoms with Crippen molar-refractivity contribution >= 4 is 23.4 Å². The number of nitrogen functional groups attached to an aromatic ring is 1. The topological polar surface area (TPSA) is 127 Å². The van der Waals surface area contributed by atoms with Crippen LogP contribution in [0.2, 0.25) is 0 Å². The Morgan fingerprint density at radius 3 is 2.52 bits per heavy atom. The lowest BCUT2D eigenvalue weighted by atomic mass is 10.0. The summed E-state index contributed by atoms with van der Waals surface area (Å²) in [6.07, 6.45) is 1.98. The summed E-state index contributed by atoms with van der Waals surface area (Å²) in [5.41, 5.74) is 6.71. The number of aromatic amines is 1. The molecule has 0 spiro atoms. The highest BCUT2D eigenvalue weighted by molar-refractivity contribution is 5.99. The SMILES string of the molecule is CCCCN(C(=O)COC(=O)c1cccc(C)c1C)c1c(N)n(CCC)c(=O)[nH]c1=O. The number of aryl methyl sites for hydroxylation is 1. The minimum absolute atomic E-state index is 0.0825. The summed E-state index contributed by atoms with van der Waals surface area (Å²) >= 11 is 0. The van der Waals surface area contributed by atoms with Crippen LogP contribution in [-0.2, 0) is 16.1 Å². The molecule has 0 fully saturated rings. The van der Waals surface area contributed by atoms with E-state index in [1.807, 2.05) is 26.8 Å². The fraction of sp³-hybridized carbons (Fsp3) is 0.455. The Bertz CT molecular complexity index is 1070. The first-order valence-corrected chi connectivity index (χ1v) is 10.4. The highest BCUT2D eigenvalue weighted by Crippen LogP contribution is 2.19. The molecule has 0 saturated heterocycles. The molecule has 1 aromatic carbocycles. The van der Waals surface area contributed by atoms with Crippen molar-refractivity contribution in [1.82, 2.24) is 9.55 Å². The largest absolute Gasteiger partial charge is 0.452 e. The molecule has 9 heteroatoms. The lowest BCUT2D eigenvalue weighted by Gasteiger charge is -2.24. The van der Waals surface area contributed by atoms with Crippen molar-refractivity contribution in [2.45, 2.75) is 53.5 Å². The van der Waals surface area contributed by atoms with Gasteiger partial charge in [-0.05, 0) is 43.9 Å². The number of nitrogens with one attached hydrogen (secondary N) is 1. The molecule has 0 unspecified atom stereocenters. The van der Waals surface area contributed by atoms with Gasteiger partial charge in [0, 0.05) is 13.1 Å².